The summed E-state index contributed by atoms with van der Waals surface area (Å²) in [5.74, 6) is 0.990. The number of tetrazole rings is 1. The van der Waals surface area contributed by atoms with Crippen molar-refractivity contribution >= 4 is 17.5 Å². The highest BCUT2D eigenvalue weighted by Crippen LogP contribution is 2.32. The van der Waals surface area contributed by atoms with Gasteiger partial charge in [-0.3, -0.25) is 14.5 Å². The molecule has 212 valence electrons. The highest BCUT2D eigenvalue weighted by molar-refractivity contribution is 6.01. The van der Waals surface area contributed by atoms with Crippen molar-refractivity contribution < 1.29 is 19.1 Å². The maximum Gasteiger partial charge on any atom is 0.251 e. The molecule has 0 unspecified atom stereocenters. The first-order valence-corrected chi connectivity index (χ1v) is 13.8. The summed E-state index contributed by atoms with van der Waals surface area (Å²) >= 11 is 0. The average molecular weight is 555 g/mol. The molecule has 1 fully saturated rings. The minimum atomic E-state index is -0.959. The zero-order valence-electron chi connectivity index (χ0n) is 23.3. The van der Waals surface area contributed by atoms with Crippen LogP contribution in [0, 0.1) is 0 Å². The molecule has 0 aliphatic heterocycles. The van der Waals surface area contributed by atoms with Gasteiger partial charge in [0.25, 0.3) is 5.91 Å². The van der Waals surface area contributed by atoms with E-state index in [1.165, 1.54) is 16.1 Å². The predicted molar refractivity (Wildman–Crippen MR) is 154 cm³/mol. The SMILES string of the molecule is COc1ccc([C@@H](C(=O)NC2CCCCC2)N(C(=O)Cn2nnc(-c3ccccc3)n2)c2cccc(OC)c2)cc1. The van der Waals surface area contributed by atoms with Gasteiger partial charge in [0, 0.05) is 23.4 Å². The zero-order chi connectivity index (χ0) is 28.6. The summed E-state index contributed by atoms with van der Waals surface area (Å²) in [4.78, 5) is 31.0. The van der Waals surface area contributed by atoms with E-state index in [0.717, 1.165) is 31.2 Å². The second kappa shape index (κ2) is 13.1. The summed E-state index contributed by atoms with van der Waals surface area (Å²) in [6.45, 7) is -0.222. The van der Waals surface area contributed by atoms with E-state index < -0.39 is 6.04 Å². The molecule has 0 saturated heterocycles. The number of rotatable bonds is 10. The predicted octanol–water partition coefficient (Wildman–Crippen LogP) is 4.58. The smallest absolute Gasteiger partial charge is 0.251 e. The van der Waals surface area contributed by atoms with E-state index in [0.29, 0.717) is 28.6 Å². The highest BCUT2D eigenvalue weighted by atomic mass is 16.5. The highest BCUT2D eigenvalue weighted by Gasteiger charge is 2.35. The Balaban J connectivity index is 1.52. The van der Waals surface area contributed by atoms with Gasteiger partial charge in [0.15, 0.2) is 0 Å². The molecule has 4 aromatic rings. The number of amides is 2. The second-order valence-corrected chi connectivity index (χ2v) is 9.99. The van der Waals surface area contributed by atoms with Crippen LogP contribution in [0.5, 0.6) is 11.5 Å². The molecule has 1 aromatic heterocycles. The summed E-state index contributed by atoms with van der Waals surface area (Å²) in [5.41, 5.74) is 1.95. The summed E-state index contributed by atoms with van der Waals surface area (Å²) < 4.78 is 10.8. The van der Waals surface area contributed by atoms with Crippen LogP contribution in [-0.2, 0) is 16.1 Å². The number of nitrogens with zero attached hydrogens (tertiary/aromatic N) is 5. The third-order valence-electron chi connectivity index (χ3n) is 7.25. The van der Waals surface area contributed by atoms with Crippen molar-refractivity contribution in [2.24, 2.45) is 0 Å². The Morgan fingerprint density at radius 1 is 0.927 bits per heavy atom. The molecule has 1 saturated carbocycles. The normalized spacial score (nSPS) is 14.2. The molecular formula is C31H34N6O4. The number of benzene rings is 3. The number of carbonyl (C=O) groups is 2. The molecule has 0 bridgehead atoms. The Morgan fingerprint density at radius 3 is 2.37 bits per heavy atom. The Bertz CT molecular complexity index is 1450. The first kappa shape index (κ1) is 27.8. The number of aromatic nitrogens is 4. The Kier molecular flexibility index (Phi) is 8.88. The number of hydrogen-bond acceptors (Lipinski definition) is 7. The summed E-state index contributed by atoms with van der Waals surface area (Å²) in [6, 6.07) is 22.8. The van der Waals surface area contributed by atoms with Crippen LogP contribution in [0.2, 0.25) is 0 Å². The number of hydrogen-bond donors (Lipinski definition) is 1. The lowest BCUT2D eigenvalue weighted by Crippen LogP contribution is -2.48. The minimum Gasteiger partial charge on any atom is -0.497 e. The molecule has 10 heteroatoms. The number of ether oxygens (including phenoxy) is 2. The maximum atomic E-state index is 14.1. The van der Waals surface area contributed by atoms with Crippen LogP contribution in [0.25, 0.3) is 11.4 Å². The van der Waals surface area contributed by atoms with Gasteiger partial charge in [0.05, 0.1) is 14.2 Å². The van der Waals surface area contributed by atoms with Crippen LogP contribution in [0.15, 0.2) is 78.9 Å². The third kappa shape index (κ3) is 6.71. The number of carbonyl (C=O) groups excluding carboxylic acids is 2. The quantitative estimate of drug-likeness (QED) is 0.305. The molecule has 2 amide bonds. The first-order valence-electron chi connectivity index (χ1n) is 13.8. The van der Waals surface area contributed by atoms with E-state index in [4.69, 9.17) is 9.47 Å². The fourth-order valence-electron chi connectivity index (χ4n) is 5.14. The van der Waals surface area contributed by atoms with Crippen molar-refractivity contribution in [1.29, 1.82) is 0 Å². The van der Waals surface area contributed by atoms with E-state index in [9.17, 15) is 9.59 Å². The van der Waals surface area contributed by atoms with Crippen molar-refractivity contribution in [3.05, 3.63) is 84.4 Å². The Labute approximate surface area is 239 Å². The summed E-state index contributed by atoms with van der Waals surface area (Å²) in [7, 11) is 3.15. The monoisotopic (exact) mass is 554 g/mol. The van der Waals surface area contributed by atoms with Crippen LogP contribution in [0.1, 0.15) is 43.7 Å². The van der Waals surface area contributed by atoms with Gasteiger partial charge in [0.1, 0.15) is 24.1 Å². The van der Waals surface area contributed by atoms with Crippen molar-refractivity contribution in [3.8, 4) is 22.9 Å². The van der Waals surface area contributed by atoms with Crippen LogP contribution >= 0.6 is 0 Å². The fraction of sp³-hybridized carbons (Fsp3) is 0.323. The van der Waals surface area contributed by atoms with Gasteiger partial charge in [-0.2, -0.15) is 4.80 Å². The summed E-state index contributed by atoms with van der Waals surface area (Å²) in [6.07, 6.45) is 5.13. The van der Waals surface area contributed by atoms with E-state index in [-0.39, 0.29) is 24.4 Å². The molecule has 1 heterocycles. The standard InChI is InChI=1S/C31H34N6O4/c1-40-26-18-16-22(17-19-26)29(31(39)32-24-12-7-4-8-13-24)37(25-14-9-15-27(20-25)41-2)28(38)21-36-34-30(33-35-36)23-10-5-3-6-11-23/h3,5-6,9-11,14-20,24,29H,4,7-8,12-13,21H2,1-2H3,(H,32,39)/t29-/m0/s1. The van der Waals surface area contributed by atoms with Gasteiger partial charge in [-0.1, -0.05) is 67.8 Å². The maximum absolute atomic E-state index is 14.1. The second-order valence-electron chi connectivity index (χ2n) is 9.99. The van der Waals surface area contributed by atoms with E-state index in [2.05, 4.69) is 20.7 Å². The molecule has 1 atom stereocenters. The largest absolute Gasteiger partial charge is 0.497 e. The van der Waals surface area contributed by atoms with E-state index >= 15 is 0 Å². The van der Waals surface area contributed by atoms with Crippen molar-refractivity contribution in [2.45, 2.75) is 50.7 Å². The Hall–Kier alpha value is -4.73. The molecule has 1 N–H and O–H groups in total. The van der Waals surface area contributed by atoms with Gasteiger partial charge in [-0.05, 0) is 47.9 Å². The topological polar surface area (TPSA) is 111 Å². The van der Waals surface area contributed by atoms with Crippen LogP contribution in [0.3, 0.4) is 0 Å². The molecular weight excluding hydrogens is 520 g/mol. The number of methoxy groups -OCH3 is 2. The van der Waals surface area contributed by atoms with Gasteiger partial charge < -0.3 is 14.8 Å². The fourth-order valence-corrected chi connectivity index (χ4v) is 5.14. The number of anilines is 1. The average Bonchev–Trinajstić information content (AvgIpc) is 3.49. The third-order valence-corrected chi connectivity index (χ3v) is 7.25. The first-order chi connectivity index (χ1) is 20.1. The van der Waals surface area contributed by atoms with Gasteiger partial charge in [0.2, 0.25) is 11.7 Å². The molecule has 1 aliphatic carbocycles. The lowest BCUT2D eigenvalue weighted by atomic mass is 9.94. The Morgan fingerprint density at radius 2 is 1.66 bits per heavy atom. The number of nitrogens with one attached hydrogen (secondary N) is 1. The summed E-state index contributed by atoms with van der Waals surface area (Å²) in [5, 5.41) is 15.9. The minimum absolute atomic E-state index is 0.0599. The molecule has 10 nitrogen and oxygen atoms in total. The zero-order valence-corrected chi connectivity index (χ0v) is 23.3. The van der Waals surface area contributed by atoms with Crippen LogP contribution in [0.4, 0.5) is 5.69 Å². The van der Waals surface area contributed by atoms with E-state index in [1.54, 1.807) is 50.6 Å². The molecule has 41 heavy (non-hydrogen) atoms. The van der Waals surface area contributed by atoms with E-state index in [1.807, 2.05) is 42.5 Å². The van der Waals surface area contributed by atoms with Crippen molar-refractivity contribution in [3.63, 3.8) is 0 Å². The van der Waals surface area contributed by atoms with Crippen molar-refractivity contribution in [2.75, 3.05) is 19.1 Å². The lowest BCUT2D eigenvalue weighted by molar-refractivity contribution is -0.127. The van der Waals surface area contributed by atoms with Gasteiger partial charge in [-0.25, -0.2) is 0 Å². The van der Waals surface area contributed by atoms with Gasteiger partial charge in [-0.15, -0.1) is 10.2 Å². The molecule has 1 aliphatic rings. The molecule has 0 radical (unpaired) electrons. The van der Waals surface area contributed by atoms with Crippen molar-refractivity contribution in [1.82, 2.24) is 25.5 Å². The van der Waals surface area contributed by atoms with Crippen LogP contribution in [-0.4, -0.2) is 52.3 Å². The lowest BCUT2D eigenvalue weighted by Gasteiger charge is -2.33. The van der Waals surface area contributed by atoms with Crippen LogP contribution < -0.4 is 19.7 Å². The van der Waals surface area contributed by atoms with Gasteiger partial charge >= 0.3 is 0 Å². The molecule has 3 aromatic carbocycles. The molecule has 5 rings (SSSR count). The molecule has 0 spiro atoms.